The molecule has 0 unspecified atom stereocenters. The average molecular weight is 262 g/mol. The van der Waals surface area contributed by atoms with Crippen molar-refractivity contribution >= 4 is 5.69 Å². The van der Waals surface area contributed by atoms with Crippen LogP contribution in [-0.2, 0) is 0 Å². The standard InChI is InChI=1S/C13H11FN2O3/c1-8-5-12(16(17)18)13(15-7-8)19-10-3-4-11(14)9(2)6-10/h3-7H,1-2H3. The second-order valence-corrected chi connectivity index (χ2v) is 4.11. The van der Waals surface area contributed by atoms with Crippen molar-refractivity contribution in [2.45, 2.75) is 13.8 Å². The Labute approximate surface area is 108 Å². The van der Waals surface area contributed by atoms with Crippen LogP contribution in [0.15, 0.2) is 30.5 Å². The van der Waals surface area contributed by atoms with E-state index in [4.69, 9.17) is 4.74 Å². The summed E-state index contributed by atoms with van der Waals surface area (Å²) in [6.45, 7) is 3.28. The molecule has 19 heavy (non-hydrogen) atoms. The van der Waals surface area contributed by atoms with Gasteiger partial charge >= 0.3 is 5.69 Å². The van der Waals surface area contributed by atoms with Crippen molar-refractivity contribution in [1.82, 2.24) is 4.98 Å². The molecule has 0 spiro atoms. The molecule has 1 heterocycles. The third-order valence-corrected chi connectivity index (χ3v) is 2.51. The van der Waals surface area contributed by atoms with E-state index < -0.39 is 4.92 Å². The fourth-order valence-corrected chi connectivity index (χ4v) is 1.54. The Morgan fingerprint density at radius 2 is 2.05 bits per heavy atom. The van der Waals surface area contributed by atoms with E-state index in [0.717, 1.165) is 0 Å². The zero-order valence-corrected chi connectivity index (χ0v) is 10.4. The van der Waals surface area contributed by atoms with Crippen molar-refractivity contribution in [3.63, 3.8) is 0 Å². The van der Waals surface area contributed by atoms with Gasteiger partial charge in [-0.2, -0.15) is 0 Å². The zero-order valence-electron chi connectivity index (χ0n) is 10.4. The topological polar surface area (TPSA) is 65.3 Å². The summed E-state index contributed by atoms with van der Waals surface area (Å²) >= 11 is 0. The van der Waals surface area contributed by atoms with Crippen LogP contribution in [0.1, 0.15) is 11.1 Å². The summed E-state index contributed by atoms with van der Waals surface area (Å²) in [5.41, 5.74) is 0.837. The lowest BCUT2D eigenvalue weighted by Gasteiger charge is -2.06. The van der Waals surface area contributed by atoms with Gasteiger partial charge in [-0.1, -0.05) is 0 Å². The fourth-order valence-electron chi connectivity index (χ4n) is 1.54. The van der Waals surface area contributed by atoms with Crippen molar-refractivity contribution in [2.75, 3.05) is 0 Å². The van der Waals surface area contributed by atoms with Crippen LogP contribution in [0.3, 0.4) is 0 Å². The Morgan fingerprint density at radius 1 is 1.32 bits per heavy atom. The molecule has 6 heteroatoms. The predicted octanol–water partition coefficient (Wildman–Crippen LogP) is 3.54. The monoisotopic (exact) mass is 262 g/mol. The van der Waals surface area contributed by atoms with Gasteiger partial charge in [0.2, 0.25) is 0 Å². The van der Waals surface area contributed by atoms with Gasteiger partial charge in [0.1, 0.15) is 11.6 Å². The summed E-state index contributed by atoms with van der Waals surface area (Å²) in [5, 5.41) is 10.9. The van der Waals surface area contributed by atoms with Gasteiger partial charge in [-0.15, -0.1) is 0 Å². The minimum absolute atomic E-state index is 0.110. The summed E-state index contributed by atoms with van der Waals surface area (Å²) in [7, 11) is 0. The zero-order chi connectivity index (χ0) is 14.0. The Hall–Kier alpha value is -2.50. The van der Waals surface area contributed by atoms with E-state index in [0.29, 0.717) is 16.9 Å². The first-order valence-corrected chi connectivity index (χ1v) is 5.52. The van der Waals surface area contributed by atoms with Crippen LogP contribution >= 0.6 is 0 Å². The van der Waals surface area contributed by atoms with Crippen LogP contribution in [0, 0.1) is 29.8 Å². The first kappa shape index (κ1) is 12.9. The molecule has 5 nitrogen and oxygen atoms in total. The molecule has 1 aromatic heterocycles. The third-order valence-electron chi connectivity index (χ3n) is 2.51. The first-order valence-electron chi connectivity index (χ1n) is 5.52. The molecule has 0 aliphatic carbocycles. The van der Waals surface area contributed by atoms with E-state index in [1.165, 1.54) is 30.5 Å². The number of rotatable bonds is 3. The lowest BCUT2D eigenvalue weighted by Crippen LogP contribution is -1.97. The SMILES string of the molecule is Cc1cnc(Oc2ccc(F)c(C)c2)c([N+](=O)[O-])c1. The molecule has 1 aromatic carbocycles. The van der Waals surface area contributed by atoms with Gasteiger partial charge in [-0.3, -0.25) is 10.1 Å². The molecule has 0 aliphatic heterocycles. The molecule has 0 radical (unpaired) electrons. The molecule has 2 rings (SSSR count). The summed E-state index contributed by atoms with van der Waals surface area (Å²) < 4.78 is 18.5. The number of hydrogen-bond donors (Lipinski definition) is 0. The average Bonchev–Trinajstić information content (AvgIpc) is 2.36. The Kier molecular flexibility index (Phi) is 3.41. The molecule has 0 aliphatic rings. The summed E-state index contributed by atoms with van der Waals surface area (Å²) in [4.78, 5) is 14.2. The molecule has 0 atom stereocenters. The van der Waals surface area contributed by atoms with Gasteiger partial charge in [0.15, 0.2) is 0 Å². The molecule has 0 fully saturated rings. The number of ether oxygens (including phenoxy) is 1. The fraction of sp³-hybridized carbons (Fsp3) is 0.154. The predicted molar refractivity (Wildman–Crippen MR) is 66.8 cm³/mol. The van der Waals surface area contributed by atoms with Gasteiger partial charge in [-0.25, -0.2) is 9.37 Å². The molecule has 0 saturated carbocycles. The number of aromatic nitrogens is 1. The largest absolute Gasteiger partial charge is 0.434 e. The quantitative estimate of drug-likeness (QED) is 0.626. The number of aryl methyl sites for hydroxylation is 2. The highest BCUT2D eigenvalue weighted by Crippen LogP contribution is 2.30. The Morgan fingerprint density at radius 3 is 2.68 bits per heavy atom. The first-order chi connectivity index (χ1) is 8.97. The van der Waals surface area contributed by atoms with Gasteiger partial charge < -0.3 is 4.74 Å². The molecule has 0 N–H and O–H groups in total. The molecular weight excluding hydrogens is 251 g/mol. The van der Waals surface area contributed by atoms with Crippen LogP contribution < -0.4 is 4.74 Å². The van der Waals surface area contributed by atoms with Crippen LogP contribution in [0.25, 0.3) is 0 Å². The number of benzene rings is 1. The number of pyridine rings is 1. The van der Waals surface area contributed by atoms with Crippen LogP contribution in [0.4, 0.5) is 10.1 Å². The molecule has 0 amide bonds. The molecule has 98 valence electrons. The van der Waals surface area contributed by atoms with Gasteiger partial charge in [0.05, 0.1) is 4.92 Å². The van der Waals surface area contributed by atoms with Gasteiger partial charge in [-0.05, 0) is 43.2 Å². The van der Waals surface area contributed by atoms with E-state index in [1.807, 2.05) is 0 Å². The minimum atomic E-state index is -0.564. The number of nitrogens with zero attached hydrogens (tertiary/aromatic N) is 2. The van der Waals surface area contributed by atoms with E-state index in [-0.39, 0.29) is 17.4 Å². The maximum Gasteiger partial charge on any atom is 0.331 e. The maximum atomic E-state index is 13.1. The number of halogens is 1. The highest BCUT2D eigenvalue weighted by molar-refractivity contribution is 5.45. The van der Waals surface area contributed by atoms with Crippen molar-refractivity contribution in [3.8, 4) is 11.6 Å². The normalized spacial score (nSPS) is 10.3. The van der Waals surface area contributed by atoms with Gasteiger partial charge in [0, 0.05) is 12.3 Å². The lowest BCUT2D eigenvalue weighted by atomic mass is 10.2. The second-order valence-electron chi connectivity index (χ2n) is 4.11. The lowest BCUT2D eigenvalue weighted by molar-refractivity contribution is -0.386. The van der Waals surface area contributed by atoms with E-state index in [2.05, 4.69) is 4.98 Å². The van der Waals surface area contributed by atoms with E-state index in [9.17, 15) is 14.5 Å². The Balaban J connectivity index is 2.37. The van der Waals surface area contributed by atoms with E-state index >= 15 is 0 Å². The highest BCUT2D eigenvalue weighted by atomic mass is 19.1. The maximum absolute atomic E-state index is 13.1. The Bertz CT molecular complexity index is 644. The molecule has 0 bridgehead atoms. The van der Waals surface area contributed by atoms with Crippen LogP contribution in [0.5, 0.6) is 11.6 Å². The summed E-state index contributed by atoms with van der Waals surface area (Å²) in [5.74, 6) is -0.168. The summed E-state index contributed by atoms with van der Waals surface area (Å²) in [6, 6.07) is 5.47. The van der Waals surface area contributed by atoms with Crippen LogP contribution in [-0.4, -0.2) is 9.91 Å². The molecule has 0 saturated heterocycles. The van der Waals surface area contributed by atoms with Gasteiger partial charge in [0.25, 0.3) is 5.88 Å². The second kappa shape index (κ2) is 5.01. The van der Waals surface area contributed by atoms with Crippen molar-refractivity contribution < 1.29 is 14.1 Å². The minimum Gasteiger partial charge on any atom is -0.434 e. The smallest absolute Gasteiger partial charge is 0.331 e. The van der Waals surface area contributed by atoms with E-state index in [1.54, 1.807) is 13.8 Å². The van der Waals surface area contributed by atoms with Crippen molar-refractivity contribution in [3.05, 3.63) is 57.5 Å². The summed E-state index contributed by atoms with van der Waals surface area (Å²) in [6.07, 6.45) is 1.47. The number of nitro groups is 1. The van der Waals surface area contributed by atoms with Crippen molar-refractivity contribution in [1.29, 1.82) is 0 Å². The molecular formula is C13H11FN2O3. The molecule has 2 aromatic rings. The number of hydrogen-bond acceptors (Lipinski definition) is 4. The highest BCUT2D eigenvalue weighted by Gasteiger charge is 2.18. The third kappa shape index (κ3) is 2.85. The van der Waals surface area contributed by atoms with Crippen LogP contribution in [0.2, 0.25) is 0 Å². The van der Waals surface area contributed by atoms with Crippen molar-refractivity contribution in [2.24, 2.45) is 0 Å².